The molecule has 2 amide bonds. The van der Waals surface area contributed by atoms with E-state index in [-0.39, 0.29) is 30.6 Å². The Labute approximate surface area is 236 Å². The molecule has 0 bridgehead atoms. The SMILES string of the molecule is C[C@H](NC(=O)c1ccccc1)C(=O)OCc1nc(-c2ccccc2)oc1COC(=O)[C@H](C)NC(=O)c1ccccc1. The van der Waals surface area contributed by atoms with Crippen LogP contribution in [0.3, 0.4) is 0 Å². The second-order valence-corrected chi connectivity index (χ2v) is 9.09. The summed E-state index contributed by atoms with van der Waals surface area (Å²) in [5.74, 6) is -1.77. The Kier molecular flexibility index (Phi) is 9.61. The van der Waals surface area contributed by atoms with Crippen LogP contribution < -0.4 is 10.6 Å². The minimum Gasteiger partial charge on any atom is -0.458 e. The number of nitrogens with one attached hydrogen (secondary N) is 2. The van der Waals surface area contributed by atoms with Gasteiger partial charge in [0.05, 0.1) is 0 Å². The highest BCUT2D eigenvalue weighted by molar-refractivity contribution is 5.97. The maximum absolute atomic E-state index is 12.6. The van der Waals surface area contributed by atoms with E-state index in [1.807, 2.05) is 18.2 Å². The van der Waals surface area contributed by atoms with Gasteiger partial charge in [0, 0.05) is 16.7 Å². The monoisotopic (exact) mass is 555 g/mol. The molecular weight excluding hydrogens is 526 g/mol. The lowest BCUT2D eigenvalue weighted by Crippen LogP contribution is -2.39. The number of carbonyl (C=O) groups excluding carboxylic acids is 4. The first-order chi connectivity index (χ1) is 19.8. The molecule has 0 unspecified atom stereocenters. The van der Waals surface area contributed by atoms with Crippen LogP contribution in [-0.4, -0.2) is 40.8 Å². The predicted molar refractivity (Wildman–Crippen MR) is 148 cm³/mol. The number of amides is 2. The van der Waals surface area contributed by atoms with E-state index >= 15 is 0 Å². The van der Waals surface area contributed by atoms with E-state index in [9.17, 15) is 19.2 Å². The van der Waals surface area contributed by atoms with Crippen molar-refractivity contribution < 1.29 is 33.1 Å². The van der Waals surface area contributed by atoms with Crippen molar-refractivity contribution in [3.63, 3.8) is 0 Å². The standard InChI is InChI=1S/C31H29N3O7/c1-20(32-27(35)22-12-6-3-7-13-22)30(37)39-18-25-26(41-29(34-25)24-16-10-5-11-17-24)19-40-31(38)21(2)33-28(36)23-14-8-4-9-15-23/h3-17,20-21H,18-19H2,1-2H3,(H,32,35)(H,33,36)/t20-,21-/m0/s1. The predicted octanol–water partition coefficient (Wildman–Crippen LogP) is 4.07. The Hall–Kier alpha value is -5.25. The van der Waals surface area contributed by atoms with Crippen LogP contribution in [0.25, 0.3) is 11.5 Å². The molecule has 0 fully saturated rings. The van der Waals surface area contributed by atoms with Crippen LogP contribution >= 0.6 is 0 Å². The minimum atomic E-state index is -0.936. The fourth-order valence-electron chi connectivity index (χ4n) is 3.70. The number of nitrogens with zero attached hydrogens (tertiary/aromatic N) is 1. The largest absolute Gasteiger partial charge is 0.458 e. The van der Waals surface area contributed by atoms with Gasteiger partial charge in [0.15, 0.2) is 12.4 Å². The third kappa shape index (κ3) is 7.89. The Morgan fingerprint density at radius 1 is 0.683 bits per heavy atom. The van der Waals surface area contributed by atoms with E-state index in [0.717, 1.165) is 0 Å². The number of ether oxygens (including phenoxy) is 2. The first-order valence-corrected chi connectivity index (χ1v) is 12.9. The van der Waals surface area contributed by atoms with Crippen LogP contribution in [0.15, 0.2) is 95.4 Å². The van der Waals surface area contributed by atoms with E-state index in [2.05, 4.69) is 15.6 Å². The normalized spacial score (nSPS) is 12.0. The number of oxazole rings is 1. The molecule has 0 saturated heterocycles. The molecule has 41 heavy (non-hydrogen) atoms. The summed E-state index contributed by atoms with van der Waals surface area (Å²) in [6.45, 7) is 2.42. The van der Waals surface area contributed by atoms with Crippen LogP contribution in [0.2, 0.25) is 0 Å². The molecule has 2 atom stereocenters. The Bertz CT molecular complexity index is 1400. The number of hydrogen-bond acceptors (Lipinski definition) is 8. The van der Waals surface area contributed by atoms with Crippen LogP contribution in [0.1, 0.15) is 46.0 Å². The highest BCUT2D eigenvalue weighted by Gasteiger charge is 2.23. The molecular formula is C31H29N3O7. The third-order valence-electron chi connectivity index (χ3n) is 5.97. The Morgan fingerprint density at radius 3 is 1.61 bits per heavy atom. The highest BCUT2D eigenvalue weighted by Crippen LogP contribution is 2.23. The van der Waals surface area contributed by atoms with Crippen LogP contribution in [0.4, 0.5) is 0 Å². The molecule has 0 radical (unpaired) electrons. The Balaban J connectivity index is 1.39. The molecule has 0 aliphatic rings. The fraction of sp³-hybridized carbons (Fsp3) is 0.194. The van der Waals surface area contributed by atoms with E-state index in [1.165, 1.54) is 13.8 Å². The van der Waals surface area contributed by atoms with Gasteiger partial charge in [-0.3, -0.25) is 9.59 Å². The number of benzene rings is 3. The maximum atomic E-state index is 12.6. The van der Waals surface area contributed by atoms with Crippen molar-refractivity contribution in [2.24, 2.45) is 0 Å². The van der Waals surface area contributed by atoms with E-state index < -0.39 is 35.8 Å². The van der Waals surface area contributed by atoms with E-state index in [4.69, 9.17) is 13.9 Å². The fourth-order valence-corrected chi connectivity index (χ4v) is 3.70. The summed E-state index contributed by atoms with van der Waals surface area (Å²) in [6.07, 6.45) is 0. The second-order valence-electron chi connectivity index (χ2n) is 9.09. The summed E-state index contributed by atoms with van der Waals surface area (Å²) in [5, 5.41) is 5.19. The van der Waals surface area contributed by atoms with E-state index in [0.29, 0.717) is 16.7 Å². The molecule has 10 heteroatoms. The van der Waals surface area contributed by atoms with Crippen molar-refractivity contribution in [3.05, 3.63) is 114 Å². The summed E-state index contributed by atoms with van der Waals surface area (Å²) in [7, 11) is 0. The molecule has 0 aliphatic heterocycles. The first kappa shape index (κ1) is 28.8. The summed E-state index contributed by atoms with van der Waals surface area (Å²) in [4.78, 5) is 54.4. The lowest BCUT2D eigenvalue weighted by molar-refractivity contribution is -0.148. The van der Waals surface area contributed by atoms with Crippen molar-refractivity contribution in [2.45, 2.75) is 39.1 Å². The number of carbonyl (C=O) groups is 4. The van der Waals surface area contributed by atoms with Gasteiger partial charge in [0.1, 0.15) is 24.4 Å². The van der Waals surface area contributed by atoms with Gasteiger partial charge in [-0.05, 0) is 50.2 Å². The van der Waals surface area contributed by atoms with Gasteiger partial charge in [-0.25, -0.2) is 14.6 Å². The van der Waals surface area contributed by atoms with Gasteiger partial charge < -0.3 is 24.5 Å². The van der Waals surface area contributed by atoms with Crippen LogP contribution in [-0.2, 0) is 32.3 Å². The molecule has 4 aromatic rings. The van der Waals surface area contributed by atoms with E-state index in [1.54, 1.807) is 72.8 Å². The van der Waals surface area contributed by atoms with Crippen molar-refractivity contribution >= 4 is 23.8 Å². The number of rotatable bonds is 11. The molecule has 0 spiro atoms. The van der Waals surface area contributed by atoms with Gasteiger partial charge in [-0.1, -0.05) is 54.6 Å². The number of esters is 2. The molecule has 1 aromatic heterocycles. The summed E-state index contributed by atoms with van der Waals surface area (Å²) >= 11 is 0. The molecule has 1 heterocycles. The first-order valence-electron chi connectivity index (χ1n) is 12.9. The summed E-state index contributed by atoms with van der Waals surface area (Å²) in [6, 6.07) is 24.2. The molecule has 2 N–H and O–H groups in total. The van der Waals surface area contributed by atoms with Crippen LogP contribution in [0.5, 0.6) is 0 Å². The lowest BCUT2D eigenvalue weighted by atomic mass is 10.2. The average molecular weight is 556 g/mol. The third-order valence-corrected chi connectivity index (χ3v) is 5.97. The minimum absolute atomic E-state index is 0.174. The zero-order valence-electron chi connectivity index (χ0n) is 22.5. The second kappa shape index (κ2) is 13.7. The van der Waals surface area contributed by atoms with Gasteiger partial charge in [-0.15, -0.1) is 0 Å². The molecule has 4 rings (SSSR count). The molecule has 10 nitrogen and oxygen atoms in total. The van der Waals surface area contributed by atoms with Crippen molar-refractivity contribution in [3.8, 4) is 11.5 Å². The zero-order valence-corrected chi connectivity index (χ0v) is 22.5. The molecule has 0 aliphatic carbocycles. The van der Waals surface area contributed by atoms with Gasteiger partial charge in [0.25, 0.3) is 11.8 Å². The smallest absolute Gasteiger partial charge is 0.328 e. The Morgan fingerprint density at radius 2 is 1.12 bits per heavy atom. The summed E-state index contributed by atoms with van der Waals surface area (Å²) in [5.41, 5.74) is 1.74. The maximum Gasteiger partial charge on any atom is 0.328 e. The lowest BCUT2D eigenvalue weighted by Gasteiger charge is -2.14. The topological polar surface area (TPSA) is 137 Å². The highest BCUT2D eigenvalue weighted by atomic mass is 16.5. The number of aromatic nitrogens is 1. The van der Waals surface area contributed by atoms with Gasteiger partial charge >= 0.3 is 11.9 Å². The number of hydrogen-bond donors (Lipinski definition) is 2. The van der Waals surface area contributed by atoms with Gasteiger partial charge in [0.2, 0.25) is 5.89 Å². The molecule has 210 valence electrons. The van der Waals surface area contributed by atoms with Crippen molar-refractivity contribution in [2.75, 3.05) is 0 Å². The average Bonchev–Trinajstić information content (AvgIpc) is 3.42. The zero-order chi connectivity index (χ0) is 29.2. The summed E-state index contributed by atoms with van der Waals surface area (Å²) < 4.78 is 16.6. The molecule has 3 aromatic carbocycles. The molecule has 0 saturated carbocycles. The van der Waals surface area contributed by atoms with Crippen molar-refractivity contribution in [1.29, 1.82) is 0 Å². The van der Waals surface area contributed by atoms with Crippen LogP contribution in [0, 0.1) is 0 Å². The van der Waals surface area contributed by atoms with Gasteiger partial charge in [-0.2, -0.15) is 0 Å². The van der Waals surface area contributed by atoms with Crippen molar-refractivity contribution in [1.82, 2.24) is 15.6 Å². The quantitative estimate of drug-likeness (QED) is 0.264.